The van der Waals surface area contributed by atoms with Crippen molar-refractivity contribution in [3.05, 3.63) is 28.2 Å². The number of fused-ring (bicyclic) bond motifs is 1. The Balaban J connectivity index is 3.00. The van der Waals surface area contributed by atoms with Crippen LogP contribution in [-0.2, 0) is 0 Å². The molecule has 0 aliphatic rings. The average Bonchev–Trinajstić information content (AvgIpc) is 2.53. The van der Waals surface area contributed by atoms with Gasteiger partial charge in [0.25, 0.3) is 0 Å². The quantitative estimate of drug-likeness (QED) is 0.574. The molecule has 0 aromatic carbocycles. The van der Waals surface area contributed by atoms with Crippen LogP contribution >= 0.6 is 0 Å². The summed E-state index contributed by atoms with van der Waals surface area (Å²) in [6.45, 7) is 0. The molecule has 5 heteroatoms. The van der Waals surface area contributed by atoms with Gasteiger partial charge in [-0.15, -0.1) is 0 Å². The van der Waals surface area contributed by atoms with Crippen molar-refractivity contribution >= 4 is 11.0 Å². The van der Waals surface area contributed by atoms with Gasteiger partial charge in [0.2, 0.25) is 11.1 Å². The molecular weight excluding hydrogens is 156 g/mol. The molecule has 0 saturated carbocycles. The second kappa shape index (κ2) is 2.20. The smallest absolute Gasteiger partial charge is 0.227 e. The highest BCUT2D eigenvalue weighted by Crippen LogP contribution is 2.01. The third kappa shape index (κ3) is 0.720. The Morgan fingerprint density at radius 1 is 1.58 bits per heavy atom. The van der Waals surface area contributed by atoms with Gasteiger partial charge in [-0.05, 0) is 6.07 Å². The molecule has 0 fully saturated rings. The Bertz CT molecular complexity index is 516. The fourth-order valence-electron chi connectivity index (χ4n) is 1.02. The van der Waals surface area contributed by atoms with Gasteiger partial charge in [-0.25, -0.2) is 0 Å². The molecule has 0 radical (unpaired) electrons. The van der Waals surface area contributed by atoms with Crippen LogP contribution in [0.3, 0.4) is 0 Å². The van der Waals surface area contributed by atoms with Gasteiger partial charge in [-0.2, -0.15) is 10.4 Å². The lowest BCUT2D eigenvalue weighted by Gasteiger charge is -1.88. The maximum absolute atomic E-state index is 11.3. The van der Waals surface area contributed by atoms with Gasteiger partial charge in [-0.3, -0.25) is 9.89 Å². The summed E-state index contributed by atoms with van der Waals surface area (Å²) in [5, 5.41) is 15.1. The number of aromatic nitrogens is 3. The second-order valence-electron chi connectivity index (χ2n) is 2.28. The first-order valence-electron chi connectivity index (χ1n) is 3.29. The fourth-order valence-corrected chi connectivity index (χ4v) is 1.02. The van der Waals surface area contributed by atoms with Crippen LogP contribution in [0, 0.1) is 11.3 Å². The summed E-state index contributed by atoms with van der Waals surface area (Å²) >= 11 is 0. The summed E-state index contributed by atoms with van der Waals surface area (Å²) in [7, 11) is 0. The molecule has 0 amide bonds. The van der Waals surface area contributed by atoms with E-state index in [4.69, 9.17) is 5.26 Å². The van der Waals surface area contributed by atoms with E-state index in [9.17, 15) is 4.79 Å². The molecule has 12 heavy (non-hydrogen) atoms. The number of nitrogens with zero attached hydrogens (tertiary/aromatic N) is 2. The highest BCUT2D eigenvalue weighted by Gasteiger charge is 2.04. The molecule has 0 aliphatic carbocycles. The molecule has 0 unspecified atom stereocenters. The van der Waals surface area contributed by atoms with Crippen molar-refractivity contribution in [3.63, 3.8) is 0 Å². The molecule has 2 rings (SSSR count). The third-order valence-corrected chi connectivity index (χ3v) is 1.59. The van der Waals surface area contributed by atoms with E-state index in [0.717, 1.165) is 0 Å². The van der Waals surface area contributed by atoms with Crippen LogP contribution in [0.1, 0.15) is 5.69 Å². The fraction of sp³-hybridized carbons (Fsp3) is 0. The van der Waals surface area contributed by atoms with Gasteiger partial charge in [0.05, 0.1) is 5.39 Å². The first-order valence-corrected chi connectivity index (χ1v) is 3.29. The molecule has 0 saturated heterocycles. The number of hydrogen-bond donors (Lipinski definition) is 2. The van der Waals surface area contributed by atoms with Gasteiger partial charge in [0.1, 0.15) is 11.7 Å². The summed E-state index contributed by atoms with van der Waals surface area (Å²) < 4.78 is 0. The minimum Gasteiger partial charge on any atom is -0.346 e. The van der Waals surface area contributed by atoms with Crippen molar-refractivity contribution < 1.29 is 0 Å². The lowest BCUT2D eigenvalue weighted by atomic mass is 10.3. The van der Waals surface area contributed by atoms with Crippen molar-refractivity contribution in [2.24, 2.45) is 0 Å². The minimum absolute atomic E-state index is 0.109. The molecule has 0 bridgehead atoms. The van der Waals surface area contributed by atoms with Crippen LogP contribution in [0.5, 0.6) is 0 Å². The van der Waals surface area contributed by atoms with Gasteiger partial charge in [0.15, 0.2) is 0 Å². The normalized spacial score (nSPS) is 9.92. The summed E-state index contributed by atoms with van der Waals surface area (Å²) in [5.74, 6) is 0. The second-order valence-corrected chi connectivity index (χ2v) is 2.28. The molecule has 2 aromatic heterocycles. The Morgan fingerprint density at radius 3 is 3.17 bits per heavy atom. The molecule has 2 heterocycles. The third-order valence-electron chi connectivity index (χ3n) is 1.59. The van der Waals surface area contributed by atoms with E-state index < -0.39 is 0 Å². The maximum Gasteiger partial charge on any atom is 0.227 e. The summed E-state index contributed by atoms with van der Waals surface area (Å²) in [4.78, 5) is 14.1. The van der Waals surface area contributed by atoms with Crippen molar-refractivity contribution in [2.75, 3.05) is 0 Å². The van der Waals surface area contributed by atoms with Crippen LogP contribution in [0.2, 0.25) is 0 Å². The Hall–Kier alpha value is -2.09. The monoisotopic (exact) mass is 160 g/mol. The molecule has 2 aromatic rings. The van der Waals surface area contributed by atoms with Crippen molar-refractivity contribution in [2.45, 2.75) is 0 Å². The van der Waals surface area contributed by atoms with Crippen molar-refractivity contribution in [1.29, 1.82) is 5.26 Å². The summed E-state index contributed by atoms with van der Waals surface area (Å²) in [6.07, 6.45) is 1.62. The van der Waals surface area contributed by atoms with Crippen molar-refractivity contribution in [1.82, 2.24) is 15.2 Å². The van der Waals surface area contributed by atoms with Crippen LogP contribution < -0.4 is 5.43 Å². The van der Waals surface area contributed by atoms with E-state index in [-0.39, 0.29) is 11.1 Å². The zero-order valence-electron chi connectivity index (χ0n) is 5.96. The predicted octanol–water partition coefficient (Wildman–Crippen LogP) is 0.123. The van der Waals surface area contributed by atoms with Gasteiger partial charge in [0, 0.05) is 6.20 Å². The Labute approximate surface area is 66.6 Å². The van der Waals surface area contributed by atoms with Crippen LogP contribution in [0.15, 0.2) is 17.1 Å². The lowest BCUT2D eigenvalue weighted by Crippen LogP contribution is -2.09. The molecule has 0 aliphatic heterocycles. The number of hydrogen-bond acceptors (Lipinski definition) is 3. The Kier molecular flexibility index (Phi) is 1.21. The van der Waals surface area contributed by atoms with E-state index in [1.807, 2.05) is 0 Å². The zero-order chi connectivity index (χ0) is 8.55. The molecule has 0 atom stereocenters. The number of nitriles is 1. The maximum atomic E-state index is 11.3. The van der Waals surface area contributed by atoms with E-state index in [1.165, 1.54) is 0 Å². The standard InChI is InChI=1S/C7H4N4O/c8-3-5-6(12)4-1-2-9-7(4)11-10-5/h1-2H,(H2,9,11,12). The summed E-state index contributed by atoms with van der Waals surface area (Å²) in [6, 6.07) is 3.32. The van der Waals surface area contributed by atoms with E-state index in [0.29, 0.717) is 11.0 Å². The SMILES string of the molecule is N#Cc1n[nH]c2[nH]ccc2c1=O. The highest BCUT2D eigenvalue weighted by molar-refractivity contribution is 5.75. The summed E-state index contributed by atoms with van der Waals surface area (Å²) in [5.41, 5.74) is 0.0913. The average molecular weight is 160 g/mol. The Morgan fingerprint density at radius 2 is 2.42 bits per heavy atom. The zero-order valence-corrected chi connectivity index (χ0v) is 5.96. The minimum atomic E-state index is -0.340. The number of H-pyrrole nitrogens is 2. The molecule has 5 nitrogen and oxygen atoms in total. The van der Waals surface area contributed by atoms with Crippen LogP contribution in [-0.4, -0.2) is 15.2 Å². The van der Waals surface area contributed by atoms with Crippen LogP contribution in [0.4, 0.5) is 0 Å². The molecular formula is C7H4N4O. The van der Waals surface area contributed by atoms with Gasteiger partial charge < -0.3 is 4.98 Å². The lowest BCUT2D eigenvalue weighted by molar-refractivity contribution is 1.02. The number of nitrogens with one attached hydrogen (secondary N) is 2. The van der Waals surface area contributed by atoms with Gasteiger partial charge in [-0.1, -0.05) is 0 Å². The van der Waals surface area contributed by atoms with Crippen molar-refractivity contribution in [3.8, 4) is 6.07 Å². The molecule has 0 spiro atoms. The van der Waals surface area contributed by atoms with E-state index in [1.54, 1.807) is 18.3 Å². The first-order chi connectivity index (χ1) is 5.83. The molecule has 58 valence electrons. The largest absolute Gasteiger partial charge is 0.346 e. The first kappa shape index (κ1) is 6.61. The van der Waals surface area contributed by atoms with Crippen LogP contribution in [0.25, 0.3) is 11.0 Å². The number of rotatable bonds is 0. The number of aromatic amines is 2. The van der Waals surface area contributed by atoms with E-state index >= 15 is 0 Å². The molecule has 2 N–H and O–H groups in total. The predicted molar refractivity (Wildman–Crippen MR) is 41.4 cm³/mol. The van der Waals surface area contributed by atoms with E-state index in [2.05, 4.69) is 15.2 Å². The topological polar surface area (TPSA) is 85.3 Å². The van der Waals surface area contributed by atoms with Gasteiger partial charge >= 0.3 is 0 Å². The highest BCUT2D eigenvalue weighted by atomic mass is 16.1.